The van der Waals surface area contributed by atoms with Crippen molar-refractivity contribution in [1.82, 2.24) is 4.98 Å². The molecule has 1 heterocycles. The standard InChI is InChI=1S/C16H15NO3/c1-3-20-16(19)14-11(2)8-9-17-15(14)13-6-4-12(10-18)5-7-13/h4-10H,3H2,1-2H3. The minimum atomic E-state index is -0.382. The summed E-state index contributed by atoms with van der Waals surface area (Å²) in [5.74, 6) is -0.382. The molecule has 0 atom stereocenters. The summed E-state index contributed by atoms with van der Waals surface area (Å²) in [7, 11) is 0. The molecule has 0 bridgehead atoms. The molecule has 0 radical (unpaired) electrons. The maximum absolute atomic E-state index is 12.1. The van der Waals surface area contributed by atoms with Gasteiger partial charge in [0.15, 0.2) is 0 Å². The van der Waals surface area contributed by atoms with Gasteiger partial charge in [-0.25, -0.2) is 4.79 Å². The van der Waals surface area contributed by atoms with Crippen LogP contribution in [-0.2, 0) is 4.74 Å². The molecular weight excluding hydrogens is 254 g/mol. The molecule has 0 amide bonds. The fourth-order valence-corrected chi connectivity index (χ4v) is 1.96. The summed E-state index contributed by atoms with van der Waals surface area (Å²) >= 11 is 0. The van der Waals surface area contributed by atoms with Crippen LogP contribution >= 0.6 is 0 Å². The second kappa shape index (κ2) is 6.10. The SMILES string of the molecule is CCOC(=O)c1c(C)ccnc1-c1ccc(C=O)cc1. The van der Waals surface area contributed by atoms with Crippen LogP contribution in [0.2, 0.25) is 0 Å². The van der Waals surface area contributed by atoms with E-state index in [0.29, 0.717) is 23.4 Å². The number of carbonyl (C=O) groups is 2. The van der Waals surface area contributed by atoms with Gasteiger partial charge >= 0.3 is 5.97 Å². The number of ether oxygens (including phenoxy) is 1. The number of hydrogen-bond acceptors (Lipinski definition) is 4. The molecular formula is C16H15NO3. The fourth-order valence-electron chi connectivity index (χ4n) is 1.96. The van der Waals surface area contributed by atoms with Crippen LogP contribution in [0.3, 0.4) is 0 Å². The Morgan fingerprint density at radius 3 is 2.55 bits per heavy atom. The van der Waals surface area contributed by atoms with Crippen LogP contribution in [0, 0.1) is 6.92 Å². The Morgan fingerprint density at radius 1 is 1.25 bits per heavy atom. The van der Waals surface area contributed by atoms with Crippen molar-refractivity contribution in [2.75, 3.05) is 6.61 Å². The van der Waals surface area contributed by atoms with Gasteiger partial charge in [0.2, 0.25) is 0 Å². The molecule has 4 heteroatoms. The number of aryl methyl sites for hydroxylation is 1. The maximum atomic E-state index is 12.1. The molecule has 1 aromatic carbocycles. The van der Waals surface area contributed by atoms with E-state index in [1.165, 1.54) is 0 Å². The third-order valence-electron chi connectivity index (χ3n) is 2.96. The van der Waals surface area contributed by atoms with Crippen molar-refractivity contribution in [3.63, 3.8) is 0 Å². The summed E-state index contributed by atoms with van der Waals surface area (Å²) in [5, 5.41) is 0. The van der Waals surface area contributed by atoms with E-state index in [1.54, 1.807) is 43.5 Å². The summed E-state index contributed by atoms with van der Waals surface area (Å²) in [6.45, 7) is 3.93. The molecule has 0 aliphatic rings. The summed E-state index contributed by atoms with van der Waals surface area (Å²) in [5.41, 5.74) is 3.21. The van der Waals surface area contributed by atoms with Crippen molar-refractivity contribution >= 4 is 12.3 Å². The van der Waals surface area contributed by atoms with Crippen molar-refractivity contribution in [3.8, 4) is 11.3 Å². The topological polar surface area (TPSA) is 56.3 Å². The number of hydrogen-bond donors (Lipinski definition) is 0. The number of nitrogens with zero attached hydrogens (tertiary/aromatic N) is 1. The van der Waals surface area contributed by atoms with Gasteiger partial charge in [-0.3, -0.25) is 9.78 Å². The van der Waals surface area contributed by atoms with Gasteiger partial charge in [-0.05, 0) is 25.5 Å². The van der Waals surface area contributed by atoms with Gasteiger partial charge in [-0.15, -0.1) is 0 Å². The van der Waals surface area contributed by atoms with E-state index >= 15 is 0 Å². The first-order valence-electron chi connectivity index (χ1n) is 6.35. The molecule has 0 aliphatic carbocycles. The Bertz CT molecular complexity index is 633. The number of benzene rings is 1. The third-order valence-corrected chi connectivity index (χ3v) is 2.96. The van der Waals surface area contributed by atoms with Crippen molar-refractivity contribution in [3.05, 3.63) is 53.2 Å². The predicted octanol–water partition coefficient (Wildman–Crippen LogP) is 3.05. The van der Waals surface area contributed by atoms with Crippen molar-refractivity contribution in [1.29, 1.82) is 0 Å². The quantitative estimate of drug-likeness (QED) is 0.632. The van der Waals surface area contributed by atoms with Crippen molar-refractivity contribution in [2.45, 2.75) is 13.8 Å². The summed E-state index contributed by atoms with van der Waals surface area (Å²) in [6, 6.07) is 8.71. The van der Waals surface area contributed by atoms with E-state index in [-0.39, 0.29) is 5.97 Å². The van der Waals surface area contributed by atoms with E-state index in [1.807, 2.05) is 6.92 Å². The highest BCUT2D eigenvalue weighted by atomic mass is 16.5. The van der Waals surface area contributed by atoms with Gasteiger partial charge in [-0.2, -0.15) is 0 Å². The van der Waals surface area contributed by atoms with Crippen LogP contribution in [0.4, 0.5) is 0 Å². The van der Waals surface area contributed by atoms with Crippen LogP contribution in [0.15, 0.2) is 36.5 Å². The number of rotatable bonds is 4. The lowest BCUT2D eigenvalue weighted by Crippen LogP contribution is -2.09. The van der Waals surface area contributed by atoms with E-state index in [9.17, 15) is 9.59 Å². The lowest BCUT2D eigenvalue weighted by Gasteiger charge is -2.10. The molecule has 4 nitrogen and oxygen atoms in total. The van der Waals surface area contributed by atoms with Crippen LogP contribution in [-0.4, -0.2) is 23.8 Å². The van der Waals surface area contributed by atoms with E-state index < -0.39 is 0 Å². The second-order valence-corrected chi connectivity index (χ2v) is 4.31. The summed E-state index contributed by atoms with van der Waals surface area (Å²) in [4.78, 5) is 27.0. The van der Waals surface area contributed by atoms with Gasteiger partial charge in [0.1, 0.15) is 6.29 Å². The highest BCUT2D eigenvalue weighted by Gasteiger charge is 2.17. The summed E-state index contributed by atoms with van der Waals surface area (Å²) < 4.78 is 5.08. The van der Waals surface area contributed by atoms with Gasteiger partial charge < -0.3 is 4.74 Å². The zero-order valence-electron chi connectivity index (χ0n) is 11.4. The van der Waals surface area contributed by atoms with E-state index in [2.05, 4.69) is 4.98 Å². The number of aldehydes is 1. The minimum absolute atomic E-state index is 0.316. The van der Waals surface area contributed by atoms with Gasteiger partial charge in [-0.1, -0.05) is 24.3 Å². The molecule has 2 aromatic rings. The lowest BCUT2D eigenvalue weighted by atomic mass is 10.0. The number of carbonyl (C=O) groups excluding carboxylic acids is 2. The normalized spacial score (nSPS) is 10.1. The Hall–Kier alpha value is -2.49. The van der Waals surface area contributed by atoms with Gasteiger partial charge in [0, 0.05) is 17.3 Å². The minimum Gasteiger partial charge on any atom is -0.462 e. The monoisotopic (exact) mass is 269 g/mol. The average Bonchev–Trinajstić information content (AvgIpc) is 2.47. The number of esters is 1. The second-order valence-electron chi connectivity index (χ2n) is 4.31. The zero-order valence-corrected chi connectivity index (χ0v) is 11.4. The van der Waals surface area contributed by atoms with Gasteiger partial charge in [0.05, 0.1) is 17.9 Å². The molecule has 20 heavy (non-hydrogen) atoms. The van der Waals surface area contributed by atoms with Crippen LogP contribution < -0.4 is 0 Å². The molecule has 1 aromatic heterocycles. The molecule has 0 saturated heterocycles. The molecule has 0 saturated carbocycles. The highest BCUT2D eigenvalue weighted by Crippen LogP contribution is 2.24. The summed E-state index contributed by atoms with van der Waals surface area (Å²) in [6.07, 6.45) is 2.43. The first kappa shape index (κ1) is 13.9. The fraction of sp³-hybridized carbons (Fsp3) is 0.188. The third kappa shape index (κ3) is 2.74. The molecule has 0 aliphatic heterocycles. The van der Waals surface area contributed by atoms with Gasteiger partial charge in [0.25, 0.3) is 0 Å². The molecule has 0 unspecified atom stereocenters. The van der Waals surface area contributed by atoms with Crippen molar-refractivity contribution in [2.24, 2.45) is 0 Å². The molecule has 0 fully saturated rings. The molecule has 102 valence electrons. The number of aromatic nitrogens is 1. The zero-order chi connectivity index (χ0) is 14.5. The first-order valence-corrected chi connectivity index (χ1v) is 6.35. The van der Waals surface area contributed by atoms with E-state index in [4.69, 9.17) is 4.74 Å². The molecule has 0 spiro atoms. The Labute approximate surface area is 117 Å². The average molecular weight is 269 g/mol. The number of pyridine rings is 1. The lowest BCUT2D eigenvalue weighted by molar-refractivity contribution is 0.0526. The van der Waals surface area contributed by atoms with Crippen LogP contribution in [0.1, 0.15) is 33.2 Å². The Morgan fingerprint density at radius 2 is 1.95 bits per heavy atom. The predicted molar refractivity (Wildman–Crippen MR) is 75.8 cm³/mol. The highest BCUT2D eigenvalue weighted by molar-refractivity contribution is 5.97. The largest absolute Gasteiger partial charge is 0.462 e. The molecule has 2 rings (SSSR count). The Balaban J connectivity index is 2.52. The first-order chi connectivity index (χ1) is 9.67. The van der Waals surface area contributed by atoms with Crippen LogP contribution in [0.5, 0.6) is 0 Å². The van der Waals surface area contributed by atoms with Crippen molar-refractivity contribution < 1.29 is 14.3 Å². The Kier molecular flexibility index (Phi) is 4.25. The smallest absolute Gasteiger partial charge is 0.340 e. The van der Waals surface area contributed by atoms with Crippen LogP contribution in [0.25, 0.3) is 11.3 Å². The maximum Gasteiger partial charge on any atom is 0.340 e. The van der Waals surface area contributed by atoms with E-state index in [0.717, 1.165) is 17.4 Å². The molecule has 0 N–H and O–H groups in total.